The maximum atomic E-state index is 13.0. The first-order valence-corrected chi connectivity index (χ1v) is 7.83. The molecule has 0 radical (unpaired) electrons. The van der Waals surface area contributed by atoms with Gasteiger partial charge in [0.25, 0.3) is 5.91 Å². The van der Waals surface area contributed by atoms with Gasteiger partial charge >= 0.3 is 6.18 Å². The third-order valence-corrected chi connectivity index (χ3v) is 3.83. The molecule has 0 spiro atoms. The monoisotopic (exact) mass is 363 g/mol. The average Bonchev–Trinajstić information content (AvgIpc) is 3.09. The number of hydrogen-bond donors (Lipinski definition) is 1. The normalized spacial score (nSPS) is 11.7. The standard InChI is InChI=1S/C18H16F3N3O2/c1-26-9-7-22-17(25)15-11-14(16-6-3-8-24(16)23-15)12-4-2-5-13(10-12)18(19,20)21/h2-6,8,10-11H,7,9H2,1H3,(H,22,25). The minimum absolute atomic E-state index is 0.109. The molecule has 1 amide bonds. The van der Waals surface area contributed by atoms with Gasteiger partial charge in [0.2, 0.25) is 0 Å². The van der Waals surface area contributed by atoms with Crippen molar-refractivity contribution in [3.63, 3.8) is 0 Å². The Morgan fingerprint density at radius 1 is 1.23 bits per heavy atom. The summed E-state index contributed by atoms with van der Waals surface area (Å²) in [4.78, 5) is 12.3. The second-order valence-electron chi connectivity index (χ2n) is 5.61. The van der Waals surface area contributed by atoms with Gasteiger partial charge in [-0.1, -0.05) is 12.1 Å². The molecule has 8 heteroatoms. The summed E-state index contributed by atoms with van der Waals surface area (Å²) >= 11 is 0. The lowest BCUT2D eigenvalue weighted by Crippen LogP contribution is -2.28. The molecule has 3 aromatic rings. The SMILES string of the molecule is COCCNC(=O)c1cc(-c2cccc(C(F)(F)F)c2)c2cccn2n1. The first kappa shape index (κ1) is 17.9. The zero-order valence-electron chi connectivity index (χ0n) is 13.9. The number of benzene rings is 1. The fourth-order valence-electron chi connectivity index (χ4n) is 2.59. The maximum Gasteiger partial charge on any atom is 0.416 e. The summed E-state index contributed by atoms with van der Waals surface area (Å²) in [6.07, 6.45) is -2.81. The number of carbonyl (C=O) groups is 1. The van der Waals surface area contributed by atoms with Crippen LogP contribution in [0, 0.1) is 0 Å². The molecule has 136 valence electrons. The summed E-state index contributed by atoms with van der Waals surface area (Å²) < 4.78 is 45.4. The van der Waals surface area contributed by atoms with Crippen molar-refractivity contribution < 1.29 is 22.7 Å². The van der Waals surface area contributed by atoms with E-state index in [1.54, 1.807) is 24.4 Å². The van der Waals surface area contributed by atoms with Crippen molar-refractivity contribution in [1.82, 2.24) is 14.9 Å². The summed E-state index contributed by atoms with van der Waals surface area (Å²) in [5.41, 5.74) is 0.822. The first-order valence-electron chi connectivity index (χ1n) is 7.83. The first-order chi connectivity index (χ1) is 12.4. The number of fused-ring (bicyclic) bond motifs is 1. The lowest BCUT2D eigenvalue weighted by atomic mass is 10.0. The number of amides is 1. The number of hydrogen-bond acceptors (Lipinski definition) is 3. The highest BCUT2D eigenvalue weighted by Gasteiger charge is 2.30. The quantitative estimate of drug-likeness (QED) is 0.707. The van der Waals surface area contributed by atoms with Crippen LogP contribution < -0.4 is 5.32 Å². The molecule has 0 aliphatic heterocycles. The molecular formula is C18H16F3N3O2. The Morgan fingerprint density at radius 3 is 2.77 bits per heavy atom. The zero-order chi connectivity index (χ0) is 18.7. The van der Waals surface area contributed by atoms with E-state index >= 15 is 0 Å². The highest BCUT2D eigenvalue weighted by molar-refractivity contribution is 5.95. The van der Waals surface area contributed by atoms with Gasteiger partial charge in [-0.15, -0.1) is 0 Å². The number of rotatable bonds is 5. The Bertz CT molecular complexity index is 935. The average molecular weight is 363 g/mol. The molecule has 0 aliphatic rings. The van der Waals surface area contributed by atoms with Crippen LogP contribution in [-0.4, -0.2) is 35.8 Å². The number of halogens is 3. The van der Waals surface area contributed by atoms with E-state index in [2.05, 4.69) is 10.4 Å². The number of nitrogens with one attached hydrogen (secondary N) is 1. The van der Waals surface area contributed by atoms with Crippen molar-refractivity contribution in [2.45, 2.75) is 6.18 Å². The van der Waals surface area contributed by atoms with Crippen molar-refractivity contribution in [3.05, 3.63) is 59.9 Å². The number of nitrogens with zero attached hydrogens (tertiary/aromatic N) is 2. The van der Waals surface area contributed by atoms with Gasteiger partial charge in [0.05, 0.1) is 17.7 Å². The Balaban J connectivity index is 2.05. The summed E-state index contributed by atoms with van der Waals surface area (Å²) in [5, 5.41) is 6.86. The van der Waals surface area contributed by atoms with Crippen LogP contribution in [0.2, 0.25) is 0 Å². The molecule has 2 aromatic heterocycles. The number of alkyl halides is 3. The lowest BCUT2D eigenvalue weighted by molar-refractivity contribution is -0.137. The van der Waals surface area contributed by atoms with Crippen LogP contribution in [0.5, 0.6) is 0 Å². The molecule has 5 nitrogen and oxygen atoms in total. The van der Waals surface area contributed by atoms with Gasteiger partial charge in [0, 0.05) is 25.4 Å². The van der Waals surface area contributed by atoms with Crippen LogP contribution in [-0.2, 0) is 10.9 Å². The number of carbonyl (C=O) groups excluding carboxylic acids is 1. The van der Waals surface area contributed by atoms with Crippen LogP contribution >= 0.6 is 0 Å². The third kappa shape index (κ3) is 3.70. The van der Waals surface area contributed by atoms with Crippen molar-refractivity contribution >= 4 is 11.4 Å². The summed E-state index contributed by atoms with van der Waals surface area (Å²) in [7, 11) is 1.52. The number of methoxy groups -OCH3 is 1. The molecule has 26 heavy (non-hydrogen) atoms. The smallest absolute Gasteiger partial charge is 0.383 e. The van der Waals surface area contributed by atoms with Gasteiger partial charge in [0.1, 0.15) is 5.69 Å². The van der Waals surface area contributed by atoms with Gasteiger partial charge in [-0.05, 0) is 35.9 Å². The second kappa shape index (κ2) is 7.17. The largest absolute Gasteiger partial charge is 0.416 e. The molecule has 2 heterocycles. The van der Waals surface area contributed by atoms with Gasteiger partial charge in [-0.2, -0.15) is 18.3 Å². The molecule has 0 unspecified atom stereocenters. The minimum atomic E-state index is -4.44. The summed E-state index contributed by atoms with van der Waals surface area (Å²) in [6, 6.07) is 9.93. The van der Waals surface area contributed by atoms with Crippen LogP contribution in [0.15, 0.2) is 48.7 Å². The van der Waals surface area contributed by atoms with E-state index in [0.717, 1.165) is 12.1 Å². The van der Waals surface area contributed by atoms with E-state index < -0.39 is 17.6 Å². The highest BCUT2D eigenvalue weighted by atomic mass is 19.4. The molecule has 0 aliphatic carbocycles. The fraction of sp³-hybridized carbons (Fsp3) is 0.222. The van der Waals surface area contributed by atoms with E-state index in [-0.39, 0.29) is 5.69 Å². The fourth-order valence-corrected chi connectivity index (χ4v) is 2.59. The molecule has 0 fully saturated rings. The highest BCUT2D eigenvalue weighted by Crippen LogP contribution is 2.33. The van der Waals surface area contributed by atoms with Crippen molar-refractivity contribution in [3.8, 4) is 11.1 Å². The molecule has 0 atom stereocenters. The molecule has 0 bridgehead atoms. The van der Waals surface area contributed by atoms with Crippen molar-refractivity contribution in [1.29, 1.82) is 0 Å². The van der Waals surface area contributed by atoms with Crippen molar-refractivity contribution in [2.75, 3.05) is 20.3 Å². The molecule has 0 saturated heterocycles. The van der Waals surface area contributed by atoms with E-state index in [4.69, 9.17) is 4.74 Å². The Morgan fingerprint density at radius 2 is 2.04 bits per heavy atom. The molecule has 0 saturated carbocycles. The van der Waals surface area contributed by atoms with Gasteiger partial charge in [-0.3, -0.25) is 4.79 Å². The molecule has 1 aromatic carbocycles. The predicted molar refractivity (Wildman–Crippen MR) is 89.8 cm³/mol. The van der Waals surface area contributed by atoms with E-state index in [0.29, 0.717) is 29.8 Å². The number of aromatic nitrogens is 2. The molecular weight excluding hydrogens is 347 g/mol. The van der Waals surface area contributed by atoms with E-state index in [1.807, 2.05) is 0 Å². The zero-order valence-corrected chi connectivity index (χ0v) is 13.9. The van der Waals surface area contributed by atoms with Gasteiger partial charge in [0.15, 0.2) is 0 Å². The third-order valence-electron chi connectivity index (χ3n) is 3.83. The van der Waals surface area contributed by atoms with Crippen molar-refractivity contribution in [2.24, 2.45) is 0 Å². The Kier molecular flexibility index (Phi) is 4.94. The van der Waals surface area contributed by atoms with Crippen LogP contribution in [0.1, 0.15) is 16.1 Å². The second-order valence-corrected chi connectivity index (χ2v) is 5.61. The van der Waals surface area contributed by atoms with Crippen LogP contribution in [0.25, 0.3) is 16.6 Å². The lowest BCUT2D eigenvalue weighted by Gasteiger charge is -2.11. The van der Waals surface area contributed by atoms with Gasteiger partial charge < -0.3 is 10.1 Å². The molecule has 3 rings (SSSR count). The minimum Gasteiger partial charge on any atom is -0.383 e. The number of ether oxygens (including phenoxy) is 1. The summed E-state index contributed by atoms with van der Waals surface area (Å²) in [6.45, 7) is 0.650. The topological polar surface area (TPSA) is 55.6 Å². The van der Waals surface area contributed by atoms with Crippen LogP contribution in [0.3, 0.4) is 0 Å². The van der Waals surface area contributed by atoms with E-state index in [1.165, 1.54) is 23.8 Å². The Labute approximate surface area is 147 Å². The van der Waals surface area contributed by atoms with Crippen LogP contribution in [0.4, 0.5) is 13.2 Å². The van der Waals surface area contributed by atoms with E-state index in [9.17, 15) is 18.0 Å². The Hall–Kier alpha value is -2.87. The van der Waals surface area contributed by atoms with Gasteiger partial charge in [-0.25, -0.2) is 4.52 Å². The summed E-state index contributed by atoms with van der Waals surface area (Å²) in [5.74, 6) is -0.425. The molecule has 1 N–H and O–H groups in total. The maximum absolute atomic E-state index is 13.0. The predicted octanol–water partition coefficient (Wildman–Crippen LogP) is 3.40.